The molecule has 21 heavy (non-hydrogen) atoms. The van der Waals surface area contributed by atoms with Crippen LogP contribution >= 0.6 is 27.3 Å². The number of carbonyl (C=O) groups excluding carboxylic acids is 1. The van der Waals surface area contributed by atoms with Crippen LogP contribution in [-0.4, -0.2) is 16.1 Å². The number of nitrogens with one attached hydrogen (secondary N) is 2. The highest BCUT2D eigenvalue weighted by Gasteiger charge is 2.11. The molecule has 0 atom stereocenters. The van der Waals surface area contributed by atoms with E-state index in [1.54, 1.807) is 17.4 Å². The van der Waals surface area contributed by atoms with Crippen LogP contribution in [0.1, 0.15) is 16.1 Å². The normalized spacial score (nSPS) is 10.5. The van der Waals surface area contributed by atoms with E-state index in [2.05, 4.69) is 31.4 Å². The molecule has 0 saturated carbocycles. The summed E-state index contributed by atoms with van der Waals surface area (Å²) >= 11 is 5.02. The van der Waals surface area contributed by atoms with Gasteiger partial charge >= 0.3 is 0 Å². The van der Waals surface area contributed by atoms with Crippen molar-refractivity contribution in [2.75, 3.05) is 0 Å². The molecule has 6 heteroatoms. The molecule has 2 aromatic heterocycles. The number of hydrogen-bond acceptors (Lipinski definition) is 3. The largest absolute Gasteiger partial charge is 0.347 e. The van der Waals surface area contributed by atoms with Gasteiger partial charge in [0.2, 0.25) is 0 Å². The summed E-state index contributed by atoms with van der Waals surface area (Å²) in [6.07, 6.45) is 0. The Morgan fingerprint density at radius 1 is 1.29 bits per heavy atom. The number of hydrogen-bond donors (Lipinski definition) is 2. The Morgan fingerprint density at radius 2 is 2.19 bits per heavy atom. The summed E-state index contributed by atoms with van der Waals surface area (Å²) in [6.45, 7) is 0.472. The number of benzene rings is 1. The van der Waals surface area contributed by atoms with Gasteiger partial charge in [-0.15, -0.1) is 11.3 Å². The highest BCUT2D eigenvalue weighted by molar-refractivity contribution is 9.10. The van der Waals surface area contributed by atoms with Gasteiger partial charge in [0.05, 0.1) is 10.6 Å². The molecule has 0 aliphatic heterocycles. The van der Waals surface area contributed by atoms with Crippen molar-refractivity contribution >= 4 is 33.2 Å². The standard InChI is InChI=1S/C15H12BrN3OS/c16-11-4-1-3-10(7-11)9-17-15(20)13-8-12(18-19-13)14-5-2-6-21-14/h1-8H,9H2,(H,17,20)(H,18,19). The summed E-state index contributed by atoms with van der Waals surface area (Å²) in [5, 5.41) is 11.8. The molecule has 3 rings (SSSR count). The monoisotopic (exact) mass is 361 g/mol. The zero-order valence-electron chi connectivity index (χ0n) is 11.0. The van der Waals surface area contributed by atoms with E-state index < -0.39 is 0 Å². The zero-order valence-corrected chi connectivity index (χ0v) is 13.4. The summed E-state index contributed by atoms with van der Waals surface area (Å²) in [7, 11) is 0. The van der Waals surface area contributed by atoms with Crippen LogP contribution < -0.4 is 5.32 Å². The molecular weight excluding hydrogens is 350 g/mol. The molecule has 0 spiro atoms. The van der Waals surface area contributed by atoms with Gasteiger partial charge in [0, 0.05) is 11.0 Å². The SMILES string of the molecule is O=C(NCc1cccc(Br)c1)c1cc(-c2cccs2)[nH]n1. The lowest BCUT2D eigenvalue weighted by molar-refractivity contribution is 0.0946. The van der Waals surface area contributed by atoms with Crippen LogP contribution in [0.15, 0.2) is 52.3 Å². The molecule has 106 valence electrons. The molecule has 0 aliphatic carbocycles. The van der Waals surface area contributed by atoms with Crippen LogP contribution in [0.25, 0.3) is 10.6 Å². The van der Waals surface area contributed by atoms with Gasteiger partial charge in [0.25, 0.3) is 5.91 Å². The van der Waals surface area contributed by atoms with Crippen molar-refractivity contribution in [1.82, 2.24) is 15.5 Å². The van der Waals surface area contributed by atoms with Gasteiger partial charge in [-0.05, 0) is 35.2 Å². The second-order valence-electron chi connectivity index (χ2n) is 4.46. The van der Waals surface area contributed by atoms with Gasteiger partial charge in [-0.1, -0.05) is 34.1 Å². The van der Waals surface area contributed by atoms with Crippen molar-refractivity contribution < 1.29 is 4.79 Å². The third-order valence-corrected chi connectivity index (χ3v) is 4.34. The minimum absolute atomic E-state index is 0.186. The first-order chi connectivity index (χ1) is 10.2. The number of nitrogens with zero attached hydrogens (tertiary/aromatic N) is 1. The summed E-state index contributed by atoms with van der Waals surface area (Å²) in [4.78, 5) is 13.1. The predicted molar refractivity (Wildman–Crippen MR) is 87.2 cm³/mol. The van der Waals surface area contributed by atoms with E-state index in [9.17, 15) is 4.79 Å². The van der Waals surface area contributed by atoms with E-state index in [1.165, 1.54) is 0 Å². The third kappa shape index (κ3) is 3.40. The van der Waals surface area contributed by atoms with Crippen LogP contribution in [0.3, 0.4) is 0 Å². The van der Waals surface area contributed by atoms with E-state index in [1.807, 2.05) is 41.8 Å². The second kappa shape index (κ2) is 6.24. The molecule has 4 nitrogen and oxygen atoms in total. The molecule has 3 aromatic rings. The molecular formula is C15H12BrN3OS. The van der Waals surface area contributed by atoms with Crippen molar-refractivity contribution in [3.63, 3.8) is 0 Å². The zero-order chi connectivity index (χ0) is 14.7. The van der Waals surface area contributed by atoms with Crippen LogP contribution in [0.5, 0.6) is 0 Å². The topological polar surface area (TPSA) is 57.8 Å². The van der Waals surface area contributed by atoms with Crippen LogP contribution in [-0.2, 0) is 6.54 Å². The molecule has 0 bridgehead atoms. The number of aromatic nitrogens is 2. The highest BCUT2D eigenvalue weighted by Crippen LogP contribution is 2.22. The lowest BCUT2D eigenvalue weighted by atomic mass is 10.2. The molecule has 2 N–H and O–H groups in total. The van der Waals surface area contributed by atoms with Crippen LogP contribution in [0, 0.1) is 0 Å². The highest BCUT2D eigenvalue weighted by atomic mass is 79.9. The average Bonchev–Trinajstić information content (AvgIpc) is 3.15. The van der Waals surface area contributed by atoms with E-state index in [0.717, 1.165) is 20.6 Å². The fraction of sp³-hybridized carbons (Fsp3) is 0.0667. The van der Waals surface area contributed by atoms with Crippen molar-refractivity contribution in [1.29, 1.82) is 0 Å². The van der Waals surface area contributed by atoms with Crippen LogP contribution in [0.4, 0.5) is 0 Å². The van der Waals surface area contributed by atoms with Gasteiger partial charge in [0.1, 0.15) is 0 Å². The lowest BCUT2D eigenvalue weighted by Gasteiger charge is -2.03. The Morgan fingerprint density at radius 3 is 2.95 bits per heavy atom. The first-order valence-corrected chi connectivity index (χ1v) is 8.01. The smallest absolute Gasteiger partial charge is 0.272 e. The van der Waals surface area contributed by atoms with Crippen molar-refractivity contribution in [2.45, 2.75) is 6.54 Å². The second-order valence-corrected chi connectivity index (χ2v) is 6.32. The molecule has 0 radical (unpaired) electrons. The van der Waals surface area contributed by atoms with Crippen molar-refractivity contribution in [3.05, 3.63) is 63.6 Å². The average molecular weight is 362 g/mol. The molecule has 1 amide bonds. The number of thiophene rings is 1. The Bertz CT molecular complexity index is 752. The number of H-pyrrole nitrogens is 1. The molecule has 0 unspecified atom stereocenters. The minimum Gasteiger partial charge on any atom is -0.347 e. The van der Waals surface area contributed by atoms with Crippen molar-refractivity contribution in [3.8, 4) is 10.6 Å². The summed E-state index contributed by atoms with van der Waals surface area (Å²) < 4.78 is 0.994. The lowest BCUT2D eigenvalue weighted by Crippen LogP contribution is -2.23. The van der Waals surface area contributed by atoms with Crippen molar-refractivity contribution in [2.24, 2.45) is 0 Å². The fourth-order valence-corrected chi connectivity index (χ4v) is 3.05. The Hall–Kier alpha value is -1.92. The van der Waals surface area contributed by atoms with E-state index in [-0.39, 0.29) is 5.91 Å². The van der Waals surface area contributed by atoms with E-state index in [4.69, 9.17) is 0 Å². The quantitative estimate of drug-likeness (QED) is 0.741. The minimum atomic E-state index is -0.186. The number of aromatic amines is 1. The third-order valence-electron chi connectivity index (χ3n) is 2.94. The maximum atomic E-state index is 12.1. The molecule has 2 heterocycles. The number of carbonyl (C=O) groups is 1. The van der Waals surface area contributed by atoms with Crippen LogP contribution in [0.2, 0.25) is 0 Å². The number of amides is 1. The number of halogens is 1. The van der Waals surface area contributed by atoms with Gasteiger partial charge < -0.3 is 5.32 Å². The Labute approximate surface area is 134 Å². The Balaban J connectivity index is 1.66. The maximum Gasteiger partial charge on any atom is 0.272 e. The van der Waals surface area contributed by atoms with E-state index in [0.29, 0.717) is 12.2 Å². The van der Waals surface area contributed by atoms with E-state index >= 15 is 0 Å². The van der Waals surface area contributed by atoms with Gasteiger partial charge in [-0.25, -0.2) is 0 Å². The first kappa shape index (κ1) is 14.0. The molecule has 0 fully saturated rings. The summed E-state index contributed by atoms with van der Waals surface area (Å²) in [5.74, 6) is -0.186. The summed E-state index contributed by atoms with van der Waals surface area (Å²) in [5.41, 5.74) is 2.29. The number of rotatable bonds is 4. The first-order valence-electron chi connectivity index (χ1n) is 6.34. The Kier molecular flexibility index (Phi) is 4.17. The van der Waals surface area contributed by atoms with Gasteiger partial charge in [0.15, 0.2) is 5.69 Å². The molecule has 1 aromatic carbocycles. The van der Waals surface area contributed by atoms with Gasteiger partial charge in [-0.3, -0.25) is 9.89 Å². The maximum absolute atomic E-state index is 12.1. The summed E-state index contributed by atoms with van der Waals surface area (Å²) in [6, 6.07) is 13.5. The molecule has 0 aliphatic rings. The predicted octanol–water partition coefficient (Wildman–Crippen LogP) is 3.83. The van der Waals surface area contributed by atoms with Gasteiger partial charge in [-0.2, -0.15) is 5.10 Å². The fourth-order valence-electron chi connectivity index (χ4n) is 1.92. The molecule has 0 saturated heterocycles.